The summed E-state index contributed by atoms with van der Waals surface area (Å²) in [5, 5.41) is 5.57. The van der Waals surface area contributed by atoms with E-state index in [1.807, 2.05) is 31.2 Å². The Morgan fingerprint density at radius 2 is 1.57 bits per heavy atom. The van der Waals surface area contributed by atoms with Crippen LogP contribution in [0.1, 0.15) is 16.7 Å². The van der Waals surface area contributed by atoms with Gasteiger partial charge in [0.1, 0.15) is 6.54 Å². The SMILES string of the molecule is Cc1ccc(S(=O)(=O)N(CC(=O)Nc2ccc3c4c(cccc24)CC3)c2cc(Cl)cc(Cl)c2)cc1. The molecular formula is C27H22Cl2N2O3S. The second-order valence-electron chi connectivity index (χ2n) is 8.61. The number of amides is 1. The molecule has 1 N–H and O–H groups in total. The first-order valence-corrected chi connectivity index (χ1v) is 13.3. The van der Waals surface area contributed by atoms with Crippen molar-refractivity contribution in [1.82, 2.24) is 0 Å². The molecule has 0 saturated heterocycles. The van der Waals surface area contributed by atoms with E-state index in [0.717, 1.165) is 33.5 Å². The van der Waals surface area contributed by atoms with Crippen LogP contribution >= 0.6 is 23.2 Å². The largest absolute Gasteiger partial charge is 0.324 e. The molecule has 5 nitrogen and oxygen atoms in total. The van der Waals surface area contributed by atoms with Gasteiger partial charge in [-0.05, 0) is 72.7 Å². The summed E-state index contributed by atoms with van der Waals surface area (Å²) in [6.07, 6.45) is 1.95. The highest BCUT2D eigenvalue weighted by Crippen LogP contribution is 2.35. The molecule has 0 unspecified atom stereocenters. The van der Waals surface area contributed by atoms with Gasteiger partial charge in [0.25, 0.3) is 10.0 Å². The van der Waals surface area contributed by atoms with Crippen LogP contribution in [0, 0.1) is 6.92 Å². The predicted octanol–water partition coefficient (Wildman–Crippen LogP) is 6.39. The Bertz CT molecular complexity index is 1540. The zero-order valence-electron chi connectivity index (χ0n) is 18.9. The average Bonchev–Trinajstić information content (AvgIpc) is 3.23. The summed E-state index contributed by atoms with van der Waals surface area (Å²) in [5.41, 5.74) is 4.29. The van der Waals surface area contributed by atoms with E-state index in [2.05, 4.69) is 11.4 Å². The Labute approximate surface area is 214 Å². The summed E-state index contributed by atoms with van der Waals surface area (Å²) in [6, 6.07) is 20.9. The Morgan fingerprint density at radius 1 is 0.914 bits per heavy atom. The van der Waals surface area contributed by atoms with Crippen molar-refractivity contribution >= 4 is 61.3 Å². The molecule has 5 rings (SSSR count). The highest BCUT2D eigenvalue weighted by molar-refractivity contribution is 7.92. The standard InChI is InChI=1S/C27H22Cl2N2O3S/c1-17-5-10-23(11-6-17)35(33,34)31(22-14-20(28)13-21(29)15-22)16-26(32)30-25-12-9-19-8-7-18-3-2-4-24(25)27(18)19/h2-6,9-15H,7-8,16H2,1H3,(H,30,32). The number of anilines is 2. The molecule has 1 amide bonds. The Hall–Kier alpha value is -3.06. The van der Waals surface area contributed by atoms with Crippen LogP contribution in [0.25, 0.3) is 10.8 Å². The molecule has 1 aliphatic rings. The number of halogens is 2. The number of sulfonamides is 1. The van der Waals surface area contributed by atoms with Crippen molar-refractivity contribution in [2.24, 2.45) is 0 Å². The molecule has 178 valence electrons. The third-order valence-electron chi connectivity index (χ3n) is 6.18. The number of aryl methyl sites for hydroxylation is 3. The minimum atomic E-state index is -4.08. The number of hydrogen-bond acceptors (Lipinski definition) is 3. The molecule has 0 spiro atoms. The molecule has 35 heavy (non-hydrogen) atoms. The Kier molecular flexibility index (Phi) is 6.21. The summed E-state index contributed by atoms with van der Waals surface area (Å²) < 4.78 is 28.3. The third kappa shape index (κ3) is 4.61. The van der Waals surface area contributed by atoms with Crippen molar-refractivity contribution in [1.29, 1.82) is 0 Å². The number of benzene rings is 4. The predicted molar refractivity (Wildman–Crippen MR) is 142 cm³/mol. The monoisotopic (exact) mass is 524 g/mol. The van der Waals surface area contributed by atoms with E-state index in [1.54, 1.807) is 12.1 Å². The van der Waals surface area contributed by atoms with Gasteiger partial charge in [0.15, 0.2) is 0 Å². The topological polar surface area (TPSA) is 66.5 Å². The van der Waals surface area contributed by atoms with Gasteiger partial charge in [0, 0.05) is 21.1 Å². The lowest BCUT2D eigenvalue weighted by Gasteiger charge is -2.25. The van der Waals surface area contributed by atoms with E-state index < -0.39 is 22.5 Å². The Morgan fingerprint density at radius 3 is 2.26 bits per heavy atom. The molecule has 0 atom stereocenters. The molecule has 0 aliphatic heterocycles. The maximum atomic E-state index is 13.6. The Balaban J connectivity index is 1.51. The lowest BCUT2D eigenvalue weighted by molar-refractivity contribution is -0.114. The molecule has 4 aromatic carbocycles. The molecule has 0 aromatic heterocycles. The summed E-state index contributed by atoms with van der Waals surface area (Å²) >= 11 is 12.3. The van der Waals surface area contributed by atoms with E-state index in [4.69, 9.17) is 23.2 Å². The van der Waals surface area contributed by atoms with E-state index in [9.17, 15) is 13.2 Å². The highest BCUT2D eigenvalue weighted by atomic mass is 35.5. The smallest absolute Gasteiger partial charge is 0.264 e. The van der Waals surface area contributed by atoms with Crippen LogP contribution < -0.4 is 9.62 Å². The van der Waals surface area contributed by atoms with Gasteiger partial charge in [-0.1, -0.05) is 65.2 Å². The van der Waals surface area contributed by atoms with Gasteiger partial charge in [-0.25, -0.2) is 8.42 Å². The normalized spacial score (nSPS) is 12.7. The number of carbonyl (C=O) groups excluding carboxylic acids is 1. The van der Waals surface area contributed by atoms with Crippen LogP contribution in [0.4, 0.5) is 11.4 Å². The molecule has 8 heteroatoms. The van der Waals surface area contributed by atoms with Gasteiger partial charge in [0.05, 0.1) is 10.6 Å². The molecule has 1 aliphatic carbocycles. The second kappa shape index (κ2) is 9.19. The molecule has 0 fully saturated rings. The second-order valence-corrected chi connectivity index (χ2v) is 11.3. The number of rotatable bonds is 6. The first kappa shape index (κ1) is 23.7. The van der Waals surface area contributed by atoms with Gasteiger partial charge >= 0.3 is 0 Å². The maximum absolute atomic E-state index is 13.6. The fourth-order valence-corrected chi connectivity index (χ4v) is 6.43. The van der Waals surface area contributed by atoms with Crippen LogP contribution in [0.5, 0.6) is 0 Å². The van der Waals surface area contributed by atoms with Crippen molar-refractivity contribution < 1.29 is 13.2 Å². The zero-order chi connectivity index (χ0) is 24.7. The van der Waals surface area contributed by atoms with Gasteiger partial charge in [-0.2, -0.15) is 0 Å². The molecule has 0 radical (unpaired) electrons. The minimum absolute atomic E-state index is 0.0670. The van der Waals surface area contributed by atoms with Crippen molar-refractivity contribution in [3.8, 4) is 0 Å². The fourth-order valence-electron chi connectivity index (χ4n) is 4.51. The van der Waals surface area contributed by atoms with Crippen LogP contribution in [0.15, 0.2) is 77.7 Å². The van der Waals surface area contributed by atoms with Gasteiger partial charge < -0.3 is 5.32 Å². The highest BCUT2D eigenvalue weighted by Gasteiger charge is 2.28. The molecular weight excluding hydrogens is 503 g/mol. The zero-order valence-corrected chi connectivity index (χ0v) is 21.2. The van der Waals surface area contributed by atoms with Crippen molar-refractivity contribution in [2.45, 2.75) is 24.7 Å². The quantitative estimate of drug-likeness (QED) is 0.317. The first-order valence-electron chi connectivity index (χ1n) is 11.1. The molecule has 0 saturated carbocycles. The van der Waals surface area contributed by atoms with Crippen molar-refractivity contribution in [2.75, 3.05) is 16.2 Å². The fraction of sp³-hybridized carbons (Fsp3) is 0.148. The lowest BCUT2D eigenvalue weighted by Crippen LogP contribution is -2.38. The van der Waals surface area contributed by atoms with E-state index in [1.165, 1.54) is 41.5 Å². The minimum Gasteiger partial charge on any atom is -0.324 e. The van der Waals surface area contributed by atoms with Crippen LogP contribution in [0.2, 0.25) is 10.0 Å². The molecule has 4 aromatic rings. The van der Waals surface area contributed by atoms with Crippen molar-refractivity contribution in [3.63, 3.8) is 0 Å². The number of hydrogen-bond donors (Lipinski definition) is 1. The average molecular weight is 525 g/mol. The first-order chi connectivity index (χ1) is 16.7. The number of nitrogens with one attached hydrogen (secondary N) is 1. The lowest BCUT2D eigenvalue weighted by atomic mass is 10.0. The summed E-state index contributed by atoms with van der Waals surface area (Å²) in [6.45, 7) is 1.42. The van der Waals surface area contributed by atoms with Gasteiger partial charge in [-0.3, -0.25) is 9.10 Å². The summed E-state index contributed by atoms with van der Waals surface area (Å²) in [4.78, 5) is 13.3. The number of carbonyl (C=O) groups is 1. The molecule has 0 heterocycles. The van der Waals surface area contributed by atoms with Crippen LogP contribution in [0.3, 0.4) is 0 Å². The summed E-state index contributed by atoms with van der Waals surface area (Å²) in [5.74, 6) is -0.476. The third-order valence-corrected chi connectivity index (χ3v) is 8.41. The van der Waals surface area contributed by atoms with Crippen molar-refractivity contribution in [3.05, 3.63) is 99.5 Å². The van der Waals surface area contributed by atoms with Gasteiger partial charge in [0.2, 0.25) is 5.91 Å². The van der Waals surface area contributed by atoms with E-state index in [-0.39, 0.29) is 20.6 Å². The van der Waals surface area contributed by atoms with Crippen LogP contribution in [-0.4, -0.2) is 20.9 Å². The van der Waals surface area contributed by atoms with E-state index >= 15 is 0 Å². The maximum Gasteiger partial charge on any atom is 0.264 e. The number of nitrogens with zero attached hydrogens (tertiary/aromatic N) is 1. The van der Waals surface area contributed by atoms with E-state index in [0.29, 0.717) is 5.69 Å². The van der Waals surface area contributed by atoms with Crippen LogP contribution in [-0.2, 0) is 27.7 Å². The molecule has 0 bridgehead atoms. The van der Waals surface area contributed by atoms with Gasteiger partial charge in [-0.15, -0.1) is 0 Å². The summed E-state index contributed by atoms with van der Waals surface area (Å²) in [7, 11) is -4.08.